The first-order valence-electron chi connectivity index (χ1n) is 8.01. The first-order valence-corrected chi connectivity index (χ1v) is 8.77. The molecule has 2 N–H and O–H groups in total. The number of pyridine rings is 1. The van der Waals surface area contributed by atoms with Gasteiger partial charge < -0.3 is 15.0 Å². The molecule has 0 atom stereocenters. The SMILES string of the molecule is O=C(Nc1cn(Cc2cc(Cl)cc(Cl)c2)cn1)c1cnc(CO)c(C(F)F)c1. The number of halogens is 4. The highest BCUT2D eigenvalue weighted by Crippen LogP contribution is 2.23. The number of aliphatic hydroxyl groups is 1. The molecule has 0 aliphatic rings. The van der Waals surface area contributed by atoms with E-state index in [1.54, 1.807) is 29.0 Å². The Morgan fingerprint density at radius 3 is 2.54 bits per heavy atom. The van der Waals surface area contributed by atoms with Gasteiger partial charge in [0.15, 0.2) is 5.82 Å². The lowest BCUT2D eigenvalue weighted by Gasteiger charge is -2.08. The number of carbonyl (C=O) groups is 1. The number of nitrogens with one attached hydrogen (secondary N) is 1. The second-order valence-corrected chi connectivity index (χ2v) is 6.75. The smallest absolute Gasteiger partial charge is 0.265 e. The van der Waals surface area contributed by atoms with Gasteiger partial charge in [-0.15, -0.1) is 0 Å². The van der Waals surface area contributed by atoms with Crippen molar-refractivity contribution in [1.82, 2.24) is 14.5 Å². The van der Waals surface area contributed by atoms with E-state index < -0.39 is 24.5 Å². The predicted molar refractivity (Wildman–Crippen MR) is 101 cm³/mol. The lowest BCUT2D eigenvalue weighted by atomic mass is 10.1. The van der Waals surface area contributed by atoms with Gasteiger partial charge in [0.1, 0.15) is 0 Å². The van der Waals surface area contributed by atoms with E-state index in [0.29, 0.717) is 16.6 Å². The van der Waals surface area contributed by atoms with Gasteiger partial charge in [0.2, 0.25) is 0 Å². The highest BCUT2D eigenvalue weighted by molar-refractivity contribution is 6.34. The molecule has 1 amide bonds. The zero-order valence-electron chi connectivity index (χ0n) is 14.2. The van der Waals surface area contributed by atoms with Crippen LogP contribution in [0.5, 0.6) is 0 Å². The molecular formula is C18H14Cl2F2N4O2. The molecule has 0 unspecified atom stereocenters. The average molecular weight is 427 g/mol. The van der Waals surface area contributed by atoms with Crippen molar-refractivity contribution in [2.75, 3.05) is 5.32 Å². The van der Waals surface area contributed by atoms with Crippen molar-refractivity contribution in [2.24, 2.45) is 0 Å². The molecule has 28 heavy (non-hydrogen) atoms. The Morgan fingerprint density at radius 1 is 1.18 bits per heavy atom. The minimum atomic E-state index is -2.86. The first kappa shape index (κ1) is 20.2. The number of carbonyl (C=O) groups excluding carboxylic acids is 1. The topological polar surface area (TPSA) is 80.0 Å². The summed E-state index contributed by atoms with van der Waals surface area (Å²) in [6, 6.07) is 6.14. The minimum Gasteiger partial charge on any atom is -0.390 e. The molecule has 3 rings (SSSR count). The maximum absolute atomic E-state index is 13.0. The molecule has 146 valence electrons. The fraction of sp³-hybridized carbons (Fsp3) is 0.167. The van der Waals surface area contributed by atoms with Gasteiger partial charge in [0.25, 0.3) is 12.3 Å². The van der Waals surface area contributed by atoms with Crippen molar-refractivity contribution >= 4 is 34.9 Å². The van der Waals surface area contributed by atoms with Crippen LogP contribution in [0.3, 0.4) is 0 Å². The highest BCUT2D eigenvalue weighted by atomic mass is 35.5. The molecule has 0 aliphatic heterocycles. The number of rotatable bonds is 6. The van der Waals surface area contributed by atoms with Crippen LogP contribution in [0, 0.1) is 0 Å². The van der Waals surface area contributed by atoms with Crippen molar-refractivity contribution in [1.29, 1.82) is 0 Å². The number of nitrogens with zero attached hydrogens (tertiary/aromatic N) is 3. The van der Waals surface area contributed by atoms with Crippen LogP contribution in [0.25, 0.3) is 0 Å². The van der Waals surface area contributed by atoms with E-state index in [4.69, 9.17) is 28.3 Å². The molecule has 0 aliphatic carbocycles. The first-order chi connectivity index (χ1) is 13.4. The number of amides is 1. The molecule has 0 spiro atoms. The normalized spacial score (nSPS) is 11.1. The number of alkyl halides is 2. The third-order valence-corrected chi connectivity index (χ3v) is 4.25. The molecule has 2 heterocycles. The third-order valence-electron chi connectivity index (χ3n) is 3.81. The van der Waals surface area contributed by atoms with Crippen molar-refractivity contribution in [3.8, 4) is 0 Å². The standard InChI is InChI=1S/C18H14Cl2F2N4O2/c19-12-1-10(2-13(20)4-12)6-26-7-16(24-9-26)25-18(28)11-3-14(17(21)22)15(8-27)23-5-11/h1-5,7,9,17,27H,6,8H2,(H,25,28). The van der Waals surface area contributed by atoms with Crippen LogP contribution in [-0.2, 0) is 13.2 Å². The average Bonchev–Trinajstić information content (AvgIpc) is 3.06. The van der Waals surface area contributed by atoms with Crippen LogP contribution < -0.4 is 5.32 Å². The summed E-state index contributed by atoms with van der Waals surface area (Å²) in [5, 5.41) is 12.6. The molecular weight excluding hydrogens is 413 g/mol. The minimum absolute atomic E-state index is 0.0660. The van der Waals surface area contributed by atoms with E-state index in [1.807, 2.05) is 0 Å². The van der Waals surface area contributed by atoms with Gasteiger partial charge in [-0.25, -0.2) is 13.8 Å². The molecule has 10 heteroatoms. The zero-order valence-corrected chi connectivity index (χ0v) is 15.8. The van der Waals surface area contributed by atoms with Crippen LogP contribution >= 0.6 is 23.2 Å². The fourth-order valence-corrected chi connectivity index (χ4v) is 3.14. The second kappa shape index (κ2) is 8.64. The van der Waals surface area contributed by atoms with Gasteiger partial charge >= 0.3 is 0 Å². The number of hydrogen-bond acceptors (Lipinski definition) is 4. The second-order valence-electron chi connectivity index (χ2n) is 5.88. The summed E-state index contributed by atoms with van der Waals surface area (Å²) in [4.78, 5) is 20.1. The monoisotopic (exact) mass is 426 g/mol. The molecule has 0 saturated carbocycles. The van der Waals surface area contributed by atoms with Crippen molar-refractivity contribution in [2.45, 2.75) is 19.6 Å². The Labute approximate surface area is 168 Å². The quantitative estimate of drug-likeness (QED) is 0.615. The third kappa shape index (κ3) is 4.83. The summed E-state index contributed by atoms with van der Waals surface area (Å²) in [6.45, 7) is -0.217. The van der Waals surface area contributed by atoms with E-state index in [2.05, 4.69) is 15.3 Å². The number of aromatic nitrogens is 3. The van der Waals surface area contributed by atoms with E-state index in [1.165, 1.54) is 6.33 Å². The largest absolute Gasteiger partial charge is 0.390 e. The van der Waals surface area contributed by atoms with E-state index >= 15 is 0 Å². The summed E-state index contributed by atoms with van der Waals surface area (Å²) in [5.74, 6) is -0.405. The number of benzene rings is 1. The molecule has 0 fully saturated rings. The summed E-state index contributed by atoms with van der Waals surface area (Å²) < 4.78 is 27.8. The van der Waals surface area contributed by atoms with Gasteiger partial charge in [-0.3, -0.25) is 9.78 Å². The van der Waals surface area contributed by atoms with Crippen LogP contribution in [0.15, 0.2) is 43.0 Å². The maximum Gasteiger partial charge on any atom is 0.265 e. The van der Waals surface area contributed by atoms with Crippen LogP contribution in [0.4, 0.5) is 14.6 Å². The van der Waals surface area contributed by atoms with Crippen molar-refractivity contribution in [3.05, 3.63) is 75.4 Å². The molecule has 1 aromatic carbocycles. The summed E-state index contributed by atoms with van der Waals surface area (Å²) in [5.41, 5.74) is 0.122. The fourth-order valence-electron chi connectivity index (χ4n) is 2.57. The molecule has 0 saturated heterocycles. The Kier molecular flexibility index (Phi) is 6.23. The Bertz CT molecular complexity index is 991. The van der Waals surface area contributed by atoms with Gasteiger partial charge in [-0.2, -0.15) is 0 Å². The van der Waals surface area contributed by atoms with Gasteiger partial charge in [0, 0.05) is 34.5 Å². The number of anilines is 1. The predicted octanol–water partition coefficient (Wildman–Crippen LogP) is 4.32. The number of hydrogen-bond donors (Lipinski definition) is 2. The van der Waals surface area contributed by atoms with Crippen LogP contribution in [0.2, 0.25) is 10.0 Å². The zero-order chi connectivity index (χ0) is 20.3. The van der Waals surface area contributed by atoms with Crippen molar-refractivity contribution < 1.29 is 18.7 Å². The molecule has 3 aromatic rings. The maximum atomic E-state index is 13.0. The van der Waals surface area contributed by atoms with Crippen molar-refractivity contribution in [3.63, 3.8) is 0 Å². The Hall–Kier alpha value is -2.55. The van der Waals surface area contributed by atoms with Gasteiger partial charge in [-0.05, 0) is 29.8 Å². The summed E-state index contributed by atoms with van der Waals surface area (Å²) >= 11 is 11.9. The van der Waals surface area contributed by atoms with E-state index in [-0.39, 0.29) is 17.1 Å². The highest BCUT2D eigenvalue weighted by Gasteiger charge is 2.17. The summed E-state index contributed by atoms with van der Waals surface area (Å²) in [6.07, 6.45) is 1.35. The molecule has 0 radical (unpaired) electrons. The lowest BCUT2D eigenvalue weighted by Crippen LogP contribution is -2.14. The molecule has 2 aromatic heterocycles. The Morgan fingerprint density at radius 2 is 1.89 bits per heavy atom. The number of imidazole rings is 1. The molecule has 0 bridgehead atoms. The molecule has 6 nitrogen and oxygen atoms in total. The van der Waals surface area contributed by atoms with Crippen LogP contribution in [-0.4, -0.2) is 25.5 Å². The Balaban J connectivity index is 1.72. The summed E-state index contributed by atoms with van der Waals surface area (Å²) in [7, 11) is 0. The number of aliphatic hydroxyl groups excluding tert-OH is 1. The lowest BCUT2D eigenvalue weighted by molar-refractivity contribution is 0.102. The van der Waals surface area contributed by atoms with Crippen LogP contribution in [0.1, 0.15) is 33.6 Å². The van der Waals surface area contributed by atoms with E-state index in [9.17, 15) is 13.6 Å². The van der Waals surface area contributed by atoms with Gasteiger partial charge in [0.05, 0.1) is 24.2 Å². The van der Waals surface area contributed by atoms with Gasteiger partial charge in [-0.1, -0.05) is 23.2 Å². The van der Waals surface area contributed by atoms with E-state index in [0.717, 1.165) is 17.8 Å².